The van der Waals surface area contributed by atoms with Crippen LogP contribution in [0.25, 0.3) is 0 Å². The first-order valence-electron chi connectivity index (χ1n) is 5.19. The standard InChI is InChI=1S/C14H10FIO/c15-13-4-2-1-3-11(13)9-14(17)10-5-7-12(16)8-6-10/h1-8H,9H2. The van der Waals surface area contributed by atoms with E-state index in [9.17, 15) is 9.18 Å². The van der Waals surface area contributed by atoms with Crippen molar-refractivity contribution in [1.82, 2.24) is 0 Å². The van der Waals surface area contributed by atoms with E-state index in [1.54, 1.807) is 30.3 Å². The van der Waals surface area contributed by atoms with Crippen LogP contribution in [0.4, 0.5) is 4.39 Å². The molecule has 2 aromatic carbocycles. The van der Waals surface area contributed by atoms with Gasteiger partial charge in [-0.3, -0.25) is 4.79 Å². The third-order valence-corrected chi connectivity index (χ3v) is 3.19. The van der Waals surface area contributed by atoms with E-state index < -0.39 is 0 Å². The smallest absolute Gasteiger partial charge is 0.167 e. The van der Waals surface area contributed by atoms with Gasteiger partial charge >= 0.3 is 0 Å². The Morgan fingerprint density at radius 2 is 1.71 bits per heavy atom. The molecule has 86 valence electrons. The van der Waals surface area contributed by atoms with E-state index in [0.717, 1.165) is 3.57 Å². The molecule has 0 aliphatic carbocycles. The van der Waals surface area contributed by atoms with Gasteiger partial charge in [0.2, 0.25) is 0 Å². The van der Waals surface area contributed by atoms with E-state index in [4.69, 9.17) is 0 Å². The first-order chi connectivity index (χ1) is 8.16. The lowest BCUT2D eigenvalue weighted by Gasteiger charge is -2.03. The Morgan fingerprint density at radius 1 is 1.06 bits per heavy atom. The maximum atomic E-state index is 13.4. The van der Waals surface area contributed by atoms with Gasteiger partial charge in [0.25, 0.3) is 0 Å². The van der Waals surface area contributed by atoms with Gasteiger partial charge in [0.15, 0.2) is 5.78 Å². The minimum atomic E-state index is -0.327. The molecule has 0 fully saturated rings. The summed E-state index contributed by atoms with van der Waals surface area (Å²) in [5, 5.41) is 0. The van der Waals surface area contributed by atoms with Crippen LogP contribution in [0.15, 0.2) is 48.5 Å². The second kappa shape index (κ2) is 5.40. The normalized spacial score (nSPS) is 10.2. The Morgan fingerprint density at radius 3 is 2.35 bits per heavy atom. The van der Waals surface area contributed by atoms with Crippen molar-refractivity contribution in [2.24, 2.45) is 0 Å². The molecule has 1 nitrogen and oxygen atoms in total. The van der Waals surface area contributed by atoms with Crippen LogP contribution in [0.1, 0.15) is 15.9 Å². The quantitative estimate of drug-likeness (QED) is 0.613. The molecule has 0 radical (unpaired) electrons. The predicted octanol–water partition coefficient (Wildman–Crippen LogP) is 3.86. The van der Waals surface area contributed by atoms with Crippen molar-refractivity contribution in [3.8, 4) is 0 Å². The summed E-state index contributed by atoms with van der Waals surface area (Å²) in [5.41, 5.74) is 1.06. The van der Waals surface area contributed by atoms with E-state index in [0.29, 0.717) is 11.1 Å². The number of carbonyl (C=O) groups is 1. The molecule has 3 heteroatoms. The Kier molecular flexibility index (Phi) is 3.89. The fraction of sp³-hybridized carbons (Fsp3) is 0.0714. The number of carbonyl (C=O) groups excluding carboxylic acids is 1. The van der Waals surface area contributed by atoms with Gasteiger partial charge in [-0.1, -0.05) is 30.3 Å². The van der Waals surface area contributed by atoms with Crippen LogP contribution in [0.3, 0.4) is 0 Å². The number of benzene rings is 2. The zero-order valence-electron chi connectivity index (χ0n) is 8.99. The Hall–Kier alpha value is -1.23. The van der Waals surface area contributed by atoms with Crippen molar-refractivity contribution in [2.45, 2.75) is 6.42 Å². The highest BCUT2D eigenvalue weighted by Crippen LogP contribution is 2.12. The van der Waals surface area contributed by atoms with Crippen molar-refractivity contribution in [3.63, 3.8) is 0 Å². The van der Waals surface area contributed by atoms with Crippen LogP contribution in [0, 0.1) is 9.39 Å². The van der Waals surface area contributed by atoms with E-state index in [1.807, 2.05) is 12.1 Å². The monoisotopic (exact) mass is 340 g/mol. The van der Waals surface area contributed by atoms with Gasteiger partial charge in [-0.2, -0.15) is 0 Å². The molecule has 0 saturated carbocycles. The highest BCUT2D eigenvalue weighted by molar-refractivity contribution is 14.1. The molecule has 2 rings (SSSR count). The van der Waals surface area contributed by atoms with Crippen LogP contribution in [0.2, 0.25) is 0 Å². The minimum absolute atomic E-state index is 0.0634. The lowest BCUT2D eigenvalue weighted by molar-refractivity contribution is 0.0992. The number of rotatable bonds is 3. The van der Waals surface area contributed by atoms with Gasteiger partial charge in [-0.05, 0) is 46.4 Å². The summed E-state index contributed by atoms with van der Waals surface area (Å²) in [5.74, 6) is -0.391. The maximum absolute atomic E-state index is 13.4. The molecular weight excluding hydrogens is 330 g/mol. The first kappa shape index (κ1) is 12.2. The van der Waals surface area contributed by atoms with Crippen molar-refractivity contribution < 1.29 is 9.18 Å². The lowest BCUT2D eigenvalue weighted by atomic mass is 10.0. The first-order valence-corrected chi connectivity index (χ1v) is 6.27. The molecule has 0 N–H and O–H groups in total. The number of hydrogen-bond donors (Lipinski definition) is 0. The van der Waals surface area contributed by atoms with E-state index in [1.165, 1.54) is 6.07 Å². The molecule has 0 aliphatic heterocycles. The van der Waals surface area contributed by atoms with Gasteiger partial charge in [-0.25, -0.2) is 4.39 Å². The van der Waals surface area contributed by atoms with Crippen LogP contribution in [-0.4, -0.2) is 5.78 Å². The lowest BCUT2D eigenvalue weighted by Crippen LogP contribution is -2.05. The molecular formula is C14H10FIO. The SMILES string of the molecule is O=C(Cc1ccccc1F)c1ccc(I)cc1. The van der Waals surface area contributed by atoms with Crippen LogP contribution in [0.5, 0.6) is 0 Å². The topological polar surface area (TPSA) is 17.1 Å². The average molecular weight is 340 g/mol. The van der Waals surface area contributed by atoms with E-state index >= 15 is 0 Å². The summed E-state index contributed by atoms with van der Waals surface area (Å²) in [6.07, 6.45) is 0.104. The minimum Gasteiger partial charge on any atom is -0.294 e. The van der Waals surface area contributed by atoms with E-state index in [-0.39, 0.29) is 18.0 Å². The molecule has 0 amide bonds. The number of ketones is 1. The van der Waals surface area contributed by atoms with Crippen LogP contribution in [-0.2, 0) is 6.42 Å². The summed E-state index contributed by atoms with van der Waals surface area (Å²) in [6.45, 7) is 0. The summed E-state index contributed by atoms with van der Waals surface area (Å²) >= 11 is 2.18. The summed E-state index contributed by atoms with van der Waals surface area (Å²) in [7, 11) is 0. The molecule has 0 heterocycles. The Balaban J connectivity index is 2.17. The largest absolute Gasteiger partial charge is 0.294 e. The van der Waals surface area contributed by atoms with Gasteiger partial charge in [0, 0.05) is 15.6 Å². The van der Waals surface area contributed by atoms with Crippen LogP contribution >= 0.6 is 22.6 Å². The zero-order chi connectivity index (χ0) is 12.3. The van der Waals surface area contributed by atoms with Crippen molar-refractivity contribution in [1.29, 1.82) is 0 Å². The number of Topliss-reactive ketones (excluding diaryl/α,β-unsaturated/α-hetero) is 1. The third-order valence-electron chi connectivity index (χ3n) is 2.48. The van der Waals surface area contributed by atoms with Crippen molar-refractivity contribution in [2.75, 3.05) is 0 Å². The molecule has 0 saturated heterocycles. The molecule has 0 aliphatic rings. The molecule has 0 bridgehead atoms. The predicted molar refractivity (Wildman–Crippen MR) is 73.6 cm³/mol. The zero-order valence-corrected chi connectivity index (χ0v) is 11.1. The van der Waals surface area contributed by atoms with E-state index in [2.05, 4.69) is 22.6 Å². The molecule has 0 aromatic heterocycles. The van der Waals surface area contributed by atoms with Gasteiger partial charge < -0.3 is 0 Å². The fourth-order valence-electron chi connectivity index (χ4n) is 1.55. The second-order valence-electron chi connectivity index (χ2n) is 3.70. The molecule has 0 atom stereocenters. The Bertz CT molecular complexity index is 534. The summed E-state index contributed by atoms with van der Waals surface area (Å²) in [4.78, 5) is 11.9. The highest BCUT2D eigenvalue weighted by Gasteiger charge is 2.09. The number of halogens is 2. The summed E-state index contributed by atoms with van der Waals surface area (Å²) < 4.78 is 14.5. The fourth-order valence-corrected chi connectivity index (χ4v) is 1.91. The summed E-state index contributed by atoms with van der Waals surface area (Å²) in [6, 6.07) is 13.6. The van der Waals surface area contributed by atoms with Crippen molar-refractivity contribution >= 4 is 28.4 Å². The third kappa shape index (κ3) is 3.12. The van der Waals surface area contributed by atoms with Gasteiger partial charge in [-0.15, -0.1) is 0 Å². The molecule has 2 aromatic rings. The van der Waals surface area contributed by atoms with Gasteiger partial charge in [0.05, 0.1) is 0 Å². The van der Waals surface area contributed by atoms with Crippen molar-refractivity contribution in [3.05, 3.63) is 69.0 Å². The molecule has 17 heavy (non-hydrogen) atoms. The second-order valence-corrected chi connectivity index (χ2v) is 4.94. The Labute approximate surface area is 113 Å². The maximum Gasteiger partial charge on any atom is 0.167 e. The van der Waals surface area contributed by atoms with Gasteiger partial charge in [0.1, 0.15) is 5.82 Å². The number of hydrogen-bond acceptors (Lipinski definition) is 1. The highest BCUT2D eigenvalue weighted by atomic mass is 127. The van der Waals surface area contributed by atoms with Crippen LogP contribution < -0.4 is 0 Å². The molecule has 0 spiro atoms. The average Bonchev–Trinajstić information content (AvgIpc) is 2.33. The molecule has 0 unspecified atom stereocenters.